The van der Waals surface area contributed by atoms with Gasteiger partial charge in [-0.15, -0.1) is 0 Å². The minimum Gasteiger partial charge on any atom is -0.493 e. The fourth-order valence-electron chi connectivity index (χ4n) is 2.62. The van der Waals surface area contributed by atoms with Crippen LogP contribution in [0.2, 0.25) is 0 Å². The lowest BCUT2D eigenvalue weighted by Gasteiger charge is -2.25. The molecular weight excluding hydrogens is 304 g/mol. The average molecular weight is 326 g/mol. The van der Waals surface area contributed by atoms with Crippen LogP contribution < -0.4 is 15.8 Å². The Bertz CT molecular complexity index is 747. The van der Waals surface area contributed by atoms with Crippen LogP contribution in [0, 0.1) is 11.3 Å². The van der Waals surface area contributed by atoms with Crippen molar-refractivity contribution in [2.75, 3.05) is 26.4 Å². The molecule has 1 aromatic rings. The molecule has 1 aliphatic heterocycles. The van der Waals surface area contributed by atoms with E-state index >= 15 is 0 Å². The number of nitrogens with one attached hydrogen (secondary N) is 2. The highest BCUT2D eigenvalue weighted by molar-refractivity contribution is 6.41. The number of nitrogens with two attached hydrogens (primary N) is 1. The topological polar surface area (TPSA) is 91.4 Å². The first-order valence-electron chi connectivity index (χ1n) is 7.99. The van der Waals surface area contributed by atoms with Gasteiger partial charge in [-0.25, -0.2) is 0 Å². The number of hydrogen-bond donors (Lipinski definition) is 3. The Morgan fingerprint density at radius 3 is 2.88 bits per heavy atom. The van der Waals surface area contributed by atoms with Gasteiger partial charge in [0.05, 0.1) is 17.9 Å². The molecule has 0 atom stereocenters. The van der Waals surface area contributed by atoms with E-state index < -0.39 is 0 Å². The molecule has 24 heavy (non-hydrogen) atoms. The third-order valence-corrected chi connectivity index (χ3v) is 4.17. The first kappa shape index (κ1) is 16.1. The third-order valence-electron chi connectivity index (χ3n) is 4.17. The van der Waals surface area contributed by atoms with Gasteiger partial charge in [-0.05, 0) is 37.0 Å². The van der Waals surface area contributed by atoms with Crippen LogP contribution in [-0.4, -0.2) is 37.2 Å². The molecule has 1 fully saturated rings. The maximum absolute atomic E-state index is 12.3. The van der Waals surface area contributed by atoms with Gasteiger partial charge in [0.2, 0.25) is 0 Å². The number of benzene rings is 1. The number of anilines is 1. The minimum absolute atomic E-state index is 0.161. The molecule has 1 amide bonds. The number of likely N-dealkylation sites (N-methyl/N-ethyl adjacent to an activating group) is 1. The molecule has 1 saturated carbocycles. The molecule has 0 bridgehead atoms. The number of rotatable bonds is 5. The molecule has 2 aliphatic rings. The maximum atomic E-state index is 12.3. The summed E-state index contributed by atoms with van der Waals surface area (Å²) in [5.74, 6) is 1.10. The van der Waals surface area contributed by atoms with Gasteiger partial charge in [-0.3, -0.25) is 10.2 Å². The number of amides is 1. The standard InChI is InChI=1S/C18H22N4O2/c1-21-8-14-17(20)15(9-22(2)18(14)23)13-7-12(19)5-6-16(13)24-10-11-3-4-11/h5-9,11,20-21H,3-4,10,19H2,1-2H3/b14-8+,20-17?. The molecule has 0 spiro atoms. The second kappa shape index (κ2) is 6.39. The molecular formula is C18H22N4O2. The smallest absolute Gasteiger partial charge is 0.261 e. The molecule has 0 saturated heterocycles. The first-order valence-corrected chi connectivity index (χ1v) is 7.99. The Hall–Kier alpha value is -2.76. The molecule has 4 N–H and O–H groups in total. The van der Waals surface area contributed by atoms with Gasteiger partial charge in [-0.1, -0.05) is 0 Å². The largest absolute Gasteiger partial charge is 0.493 e. The van der Waals surface area contributed by atoms with Crippen molar-refractivity contribution in [1.29, 1.82) is 5.41 Å². The first-order chi connectivity index (χ1) is 11.5. The number of ether oxygens (including phenoxy) is 1. The molecule has 1 aliphatic carbocycles. The summed E-state index contributed by atoms with van der Waals surface area (Å²) in [6.45, 7) is 0.672. The van der Waals surface area contributed by atoms with E-state index in [4.69, 9.17) is 15.9 Å². The van der Waals surface area contributed by atoms with E-state index in [2.05, 4.69) is 5.32 Å². The van der Waals surface area contributed by atoms with E-state index in [-0.39, 0.29) is 11.6 Å². The highest BCUT2D eigenvalue weighted by Crippen LogP contribution is 2.35. The fraction of sp³-hybridized carbons (Fsp3) is 0.333. The number of carbonyl (C=O) groups excluding carboxylic acids is 1. The second-order valence-electron chi connectivity index (χ2n) is 6.19. The predicted octanol–water partition coefficient (Wildman–Crippen LogP) is 1.99. The van der Waals surface area contributed by atoms with Crippen LogP contribution in [0.25, 0.3) is 5.57 Å². The summed E-state index contributed by atoms with van der Waals surface area (Å²) in [6.07, 6.45) is 5.62. The van der Waals surface area contributed by atoms with Gasteiger partial charge in [0, 0.05) is 43.3 Å². The molecule has 0 aromatic heterocycles. The van der Waals surface area contributed by atoms with Crippen molar-refractivity contribution in [2.45, 2.75) is 12.8 Å². The van der Waals surface area contributed by atoms with Gasteiger partial charge >= 0.3 is 0 Å². The van der Waals surface area contributed by atoms with Gasteiger partial charge in [0.1, 0.15) is 5.75 Å². The highest BCUT2D eigenvalue weighted by Gasteiger charge is 2.29. The number of nitrogens with zero attached hydrogens (tertiary/aromatic N) is 1. The van der Waals surface area contributed by atoms with E-state index in [9.17, 15) is 4.79 Å². The van der Waals surface area contributed by atoms with Crippen LogP contribution in [-0.2, 0) is 4.79 Å². The predicted molar refractivity (Wildman–Crippen MR) is 94.7 cm³/mol. The zero-order valence-electron chi connectivity index (χ0n) is 13.9. The van der Waals surface area contributed by atoms with Crippen LogP contribution in [0.5, 0.6) is 5.75 Å². The fourth-order valence-corrected chi connectivity index (χ4v) is 2.62. The van der Waals surface area contributed by atoms with E-state index in [1.165, 1.54) is 17.7 Å². The monoisotopic (exact) mass is 326 g/mol. The zero-order chi connectivity index (χ0) is 17.3. The highest BCUT2D eigenvalue weighted by atomic mass is 16.5. The van der Waals surface area contributed by atoms with Crippen LogP contribution in [0.3, 0.4) is 0 Å². The van der Waals surface area contributed by atoms with Crippen LogP contribution in [0.1, 0.15) is 18.4 Å². The van der Waals surface area contributed by atoms with Crippen molar-refractivity contribution < 1.29 is 9.53 Å². The molecule has 6 nitrogen and oxygen atoms in total. The number of allylic oxidation sites excluding steroid dienone is 1. The molecule has 3 rings (SSSR count). The Kier molecular flexibility index (Phi) is 4.29. The van der Waals surface area contributed by atoms with Crippen molar-refractivity contribution in [3.05, 3.63) is 41.7 Å². The Balaban J connectivity index is 2.01. The molecule has 126 valence electrons. The van der Waals surface area contributed by atoms with E-state index in [1.807, 2.05) is 6.07 Å². The lowest BCUT2D eigenvalue weighted by Crippen LogP contribution is -2.33. The Labute approximate surface area is 141 Å². The normalized spacial score (nSPS) is 19.5. The Morgan fingerprint density at radius 2 is 2.21 bits per heavy atom. The van der Waals surface area contributed by atoms with Gasteiger partial charge in [-0.2, -0.15) is 0 Å². The van der Waals surface area contributed by atoms with E-state index in [1.54, 1.807) is 38.6 Å². The van der Waals surface area contributed by atoms with Crippen molar-refractivity contribution >= 4 is 22.9 Å². The molecule has 1 heterocycles. The van der Waals surface area contributed by atoms with E-state index in [0.29, 0.717) is 35.1 Å². The zero-order valence-corrected chi connectivity index (χ0v) is 13.9. The average Bonchev–Trinajstić information content (AvgIpc) is 3.38. The van der Waals surface area contributed by atoms with Crippen LogP contribution in [0.4, 0.5) is 5.69 Å². The third kappa shape index (κ3) is 3.13. The summed E-state index contributed by atoms with van der Waals surface area (Å²) in [5, 5.41) is 11.3. The summed E-state index contributed by atoms with van der Waals surface area (Å²) in [4.78, 5) is 13.7. The van der Waals surface area contributed by atoms with Gasteiger partial charge in [0.15, 0.2) is 0 Å². The lowest BCUT2D eigenvalue weighted by molar-refractivity contribution is -0.123. The van der Waals surface area contributed by atoms with Crippen molar-refractivity contribution in [1.82, 2.24) is 10.2 Å². The Morgan fingerprint density at radius 1 is 1.46 bits per heavy atom. The van der Waals surface area contributed by atoms with Gasteiger partial charge < -0.3 is 20.7 Å². The van der Waals surface area contributed by atoms with Crippen molar-refractivity contribution in [3.8, 4) is 5.75 Å². The molecule has 0 radical (unpaired) electrons. The van der Waals surface area contributed by atoms with Crippen molar-refractivity contribution in [3.63, 3.8) is 0 Å². The van der Waals surface area contributed by atoms with E-state index in [0.717, 1.165) is 5.56 Å². The molecule has 1 aromatic carbocycles. The number of carbonyl (C=O) groups is 1. The van der Waals surface area contributed by atoms with Crippen LogP contribution in [0.15, 0.2) is 36.2 Å². The summed E-state index contributed by atoms with van der Waals surface area (Å²) in [6, 6.07) is 5.42. The molecule has 0 unspecified atom stereocenters. The minimum atomic E-state index is -0.220. The maximum Gasteiger partial charge on any atom is 0.261 e. The summed E-state index contributed by atoms with van der Waals surface area (Å²) < 4.78 is 5.94. The van der Waals surface area contributed by atoms with Crippen molar-refractivity contribution in [2.24, 2.45) is 5.92 Å². The summed E-state index contributed by atoms with van der Waals surface area (Å²) >= 11 is 0. The lowest BCUT2D eigenvalue weighted by atomic mass is 9.92. The second-order valence-corrected chi connectivity index (χ2v) is 6.19. The quantitative estimate of drug-likeness (QED) is 0.570. The number of nitrogen functional groups attached to an aromatic ring is 1. The summed E-state index contributed by atoms with van der Waals surface area (Å²) in [5.41, 5.74) is 8.37. The number of hydrogen-bond acceptors (Lipinski definition) is 5. The molecule has 6 heteroatoms. The SMILES string of the molecule is CN/C=C1\C(=N)C(c2cc(N)ccc2OCC2CC2)=CN(C)C1=O. The van der Waals surface area contributed by atoms with Crippen LogP contribution >= 0.6 is 0 Å². The van der Waals surface area contributed by atoms with Gasteiger partial charge in [0.25, 0.3) is 5.91 Å². The summed E-state index contributed by atoms with van der Waals surface area (Å²) in [7, 11) is 3.38.